The number of alkyl halides is 3. The van der Waals surface area contributed by atoms with Crippen molar-refractivity contribution in [2.75, 3.05) is 48.7 Å². The van der Waals surface area contributed by atoms with Gasteiger partial charge < -0.3 is 64.3 Å². The molecule has 0 fully saturated rings. The van der Waals surface area contributed by atoms with Gasteiger partial charge in [0.15, 0.2) is 35.3 Å². The zero-order valence-electron chi connectivity index (χ0n) is 82.5. The molecule has 0 radical (unpaired) electrons. The Labute approximate surface area is 857 Å². The van der Waals surface area contributed by atoms with Gasteiger partial charge in [-0.1, -0.05) is 132 Å². The molecule has 38 heteroatoms. The molecule has 772 valence electrons. The zero-order valence-corrected chi connectivity index (χ0v) is 85.8. The Morgan fingerprint density at radius 3 is 1.34 bits per heavy atom. The first-order valence-corrected chi connectivity index (χ1v) is 52.1. The number of thioether (sulfide) groups is 3. The molecule has 4 amide bonds. The Bertz CT molecular complexity index is 6810. The first-order chi connectivity index (χ1) is 69.5. The number of aryl methyl sites for hydroxylation is 2. The molecular weight excluding hydrogens is 1970 g/mol. The summed E-state index contributed by atoms with van der Waals surface area (Å²) in [6.45, 7) is 17.7. The number of amides is 4. The van der Waals surface area contributed by atoms with Crippen molar-refractivity contribution in [3.63, 3.8) is 0 Å². The highest BCUT2D eigenvalue weighted by atomic mass is 32.2. The fraction of sp³-hybridized carbons (Fsp3) is 0.407. The third kappa shape index (κ3) is 24.9. The van der Waals surface area contributed by atoms with Crippen molar-refractivity contribution >= 4 is 141 Å². The lowest BCUT2D eigenvalue weighted by molar-refractivity contribution is -0.172. The predicted octanol–water partition coefficient (Wildman–Crippen LogP) is 15.8. The molecule has 6 N–H and O–H groups in total. The molecule has 8 atom stereocenters. The number of aliphatic hydroxyl groups is 2. The van der Waals surface area contributed by atoms with Gasteiger partial charge in [0.05, 0.1) is 82.6 Å². The number of Topliss-reactive ketones (excluding diaryl/α,β-unsaturated/α-hetero) is 3. The number of nitrogens with zero attached hydrogens (tertiary/aromatic N) is 4. The van der Waals surface area contributed by atoms with Crippen LogP contribution in [0.2, 0.25) is 0 Å². The highest BCUT2D eigenvalue weighted by Crippen LogP contribution is 2.49. The van der Waals surface area contributed by atoms with Gasteiger partial charge in [-0.15, -0.1) is 0 Å². The van der Waals surface area contributed by atoms with Gasteiger partial charge in [-0.25, -0.2) is 33.1 Å². The highest BCUT2D eigenvalue weighted by Gasteiger charge is 2.48. The molecule has 6 aliphatic rings. The van der Waals surface area contributed by atoms with Gasteiger partial charge in [0.25, 0.3) is 11.1 Å². The number of aromatic nitrogens is 4. The lowest BCUT2D eigenvalue weighted by Gasteiger charge is -2.31. The van der Waals surface area contributed by atoms with Crippen LogP contribution in [0.5, 0.6) is 0 Å². The first-order valence-electron chi connectivity index (χ1n) is 48.0. The topological polar surface area (TPSA) is 409 Å². The Morgan fingerprint density at radius 1 is 0.527 bits per heavy atom. The normalized spacial score (nSPS) is 16.4. The minimum absolute atomic E-state index is 0.0260. The summed E-state index contributed by atoms with van der Waals surface area (Å²) in [5, 5.41) is 34.4. The number of alkyl carbamates (subject to hydrolysis) is 1. The second-order valence-electron chi connectivity index (χ2n) is 36.9. The van der Waals surface area contributed by atoms with Gasteiger partial charge in [-0.2, -0.15) is 61.1 Å². The largest absolute Gasteiger partial charge is 0.465 e. The number of aldehydes is 1. The number of pyridine rings is 4. The lowest BCUT2D eigenvalue weighted by atomic mass is 9.86. The summed E-state index contributed by atoms with van der Waals surface area (Å²) in [6, 6.07) is 39.5. The number of fused-ring (bicyclic) bond motifs is 16. The van der Waals surface area contributed by atoms with E-state index < -0.39 is 113 Å². The number of ketones is 3. The summed E-state index contributed by atoms with van der Waals surface area (Å²) >= 11 is 9.41. The number of esters is 4. The molecule has 2 aliphatic carbocycles. The number of carbonyl (C=O) groups excluding carboxylic acids is 12. The van der Waals surface area contributed by atoms with Crippen molar-refractivity contribution in [2.45, 2.75) is 213 Å². The summed E-state index contributed by atoms with van der Waals surface area (Å²) in [5.41, 5.74) is 13.3. The number of carbonyl (C=O) groups is 12. The maximum atomic E-state index is 14.9. The van der Waals surface area contributed by atoms with E-state index >= 15 is 0 Å². The van der Waals surface area contributed by atoms with E-state index in [1.807, 2.05) is 78.9 Å². The molecule has 0 unspecified atom stereocenters. The fourth-order valence-electron chi connectivity index (χ4n) is 18.5. The number of hydrogen-bond acceptors (Lipinski definition) is 27. The van der Waals surface area contributed by atoms with Crippen molar-refractivity contribution in [1.82, 2.24) is 40.4 Å². The molecule has 4 aliphatic heterocycles. The molecular formula is C108H115F5N8O21S4. The molecule has 16 rings (SSSR count). The molecule has 0 saturated heterocycles. The van der Waals surface area contributed by atoms with Gasteiger partial charge in [0.2, 0.25) is 24.0 Å². The van der Waals surface area contributed by atoms with E-state index in [0.29, 0.717) is 68.7 Å². The first kappa shape index (κ1) is 110. The third-order valence-corrected chi connectivity index (χ3v) is 30.4. The average molecular weight is 2080 g/mol. The van der Waals surface area contributed by atoms with E-state index in [-0.39, 0.29) is 147 Å². The van der Waals surface area contributed by atoms with Crippen LogP contribution in [0.25, 0.3) is 66.8 Å². The molecule has 146 heavy (non-hydrogen) atoms. The van der Waals surface area contributed by atoms with Gasteiger partial charge in [-0.3, -0.25) is 52.7 Å². The maximum Gasteiger partial charge on any atom is 0.446 e. The second kappa shape index (κ2) is 48.3. The van der Waals surface area contributed by atoms with Crippen LogP contribution in [0, 0.1) is 43.2 Å². The van der Waals surface area contributed by atoms with Crippen molar-refractivity contribution < 1.29 is 113 Å². The number of hydrogen-bond donors (Lipinski definition) is 7. The van der Waals surface area contributed by atoms with Crippen LogP contribution < -0.4 is 32.4 Å². The number of thiol groups is 1. The summed E-state index contributed by atoms with van der Waals surface area (Å²) in [7, 11) is 0. The van der Waals surface area contributed by atoms with E-state index in [1.54, 1.807) is 125 Å². The van der Waals surface area contributed by atoms with Crippen LogP contribution in [-0.4, -0.2) is 174 Å². The predicted molar refractivity (Wildman–Crippen MR) is 547 cm³/mol. The van der Waals surface area contributed by atoms with Crippen molar-refractivity contribution in [3.8, 4) is 45.0 Å². The molecule has 8 heterocycles. The van der Waals surface area contributed by atoms with Gasteiger partial charge >= 0.3 is 36.1 Å². The van der Waals surface area contributed by atoms with E-state index in [0.717, 1.165) is 113 Å². The van der Waals surface area contributed by atoms with E-state index in [2.05, 4.69) is 62.9 Å². The molecule has 29 nitrogen and oxygen atoms in total. The number of halogens is 5. The lowest BCUT2D eigenvalue weighted by Crippen LogP contribution is -2.44. The standard InChI is InChI=1S/C52H55FN4O9S2.C29H34N2O7.C25H25FN2O4S2.C2HF3O/c1-6-52(64)41-22-44-47-37(24-57(44)49(61)39(41)26-65-50(52)62)40(36-20-28(2)42(53)23-43(36)56-47)27-68-18-11-17-67-19-16-45(58)30(4)54-48(60)29(3)21-46(59)31(5)55-51(63)66-25-38-34-14-9-7-12-32(34)33-13-8-10-15-35(33)38;1-17(28(35)30-16-38-20(4)32)13-26(33)19(3)31-29(36)18(2)14-27(34)37-15-25-23-11-7-5-9-21(23)22-10-6-8-12-24(22)25;1-3-25(31)18-8-21-22-15(10-28(21)23(29)16(18)11-32-24(25)30)17(12-34-6-4-5-33)14-7-13(2)19(26)9-20(14)27-22;3-2(4,5)1-6/h7-10,12-15,20,22-23,29-31,38,64H,6,11,16-19,21,24-27H2,1-5H3,(H,54,60)(H,55,63);5-12,17-19,25H,13-16H2,1-4H3,(H,30,35)(H,31,36);7-9,31,33H,3-6,10-12H2,1-2H3;1H/t29-,30+,31+,52+;17-,18-,19+;25-;/m110./s1. The third-order valence-electron chi connectivity index (χ3n) is 26.9. The average Bonchev–Trinajstić information content (AvgIpc) is 1.55. The van der Waals surface area contributed by atoms with E-state index in [4.69, 9.17) is 33.7 Å². The van der Waals surface area contributed by atoms with Gasteiger partial charge in [-0.05, 0) is 174 Å². The Hall–Kier alpha value is -12.8. The van der Waals surface area contributed by atoms with E-state index in [9.17, 15) is 94.5 Å². The molecule has 10 aromatic rings. The minimum atomic E-state index is -4.64. The summed E-state index contributed by atoms with van der Waals surface area (Å²) in [5.74, 6) is -2.50. The smallest absolute Gasteiger partial charge is 0.446 e. The number of rotatable bonds is 37. The Morgan fingerprint density at radius 2 is 0.918 bits per heavy atom. The van der Waals surface area contributed by atoms with Crippen LogP contribution in [0.1, 0.15) is 203 Å². The second-order valence-corrected chi connectivity index (χ2v) is 40.8. The van der Waals surface area contributed by atoms with Crippen LogP contribution in [0.3, 0.4) is 0 Å². The van der Waals surface area contributed by atoms with Crippen molar-refractivity contribution in [2.24, 2.45) is 17.8 Å². The van der Waals surface area contributed by atoms with Crippen molar-refractivity contribution in [3.05, 3.63) is 244 Å². The molecule has 0 saturated carbocycles. The van der Waals surface area contributed by atoms with Gasteiger partial charge in [0.1, 0.15) is 38.1 Å². The summed E-state index contributed by atoms with van der Waals surface area (Å²) in [4.78, 5) is 183. The van der Waals surface area contributed by atoms with Crippen molar-refractivity contribution in [1.29, 1.82) is 0 Å². The minimum Gasteiger partial charge on any atom is -0.465 e. The molecule has 6 aromatic carbocycles. The Balaban J connectivity index is 0.000000193. The maximum absolute atomic E-state index is 14.9. The molecule has 0 spiro atoms. The highest BCUT2D eigenvalue weighted by molar-refractivity contribution is 7.99. The SMILES string of the molecule is CC(=O)OCNC(=O)[C@H](C)CC(=O)[C@H](C)NC(=O)[C@H](C)CC(=O)OCC1c2ccccc2-c2ccccc21.CC[C@@]1(O)C(=O)OCc2c1cc1n(c2=O)Cc2c-1nc1cc(F)c(C)cc1c2CSCCCS.CC[C@@]1(O)C(=O)OCc2c1cc1n(c2=O)Cc2c-1nc1cc(F)c(C)cc1c2CSCCCSCCC(=O)[C@H](C)NC(=O)[C@H](C)CC(=O)[C@H](C)NC(=O)OCC1c2ccccc2-c2ccccc21.O=CC(F)(F)F. The number of ether oxygens (including phenoxy) is 5. The summed E-state index contributed by atoms with van der Waals surface area (Å²) < 4.78 is 90.0. The molecule has 0 bridgehead atoms. The Kier molecular flexibility index (Phi) is 36.5. The number of cyclic esters (lactones) is 2. The van der Waals surface area contributed by atoms with Crippen LogP contribution in [-0.2, 0) is 125 Å². The fourth-order valence-corrected chi connectivity index (χ4v) is 22.0. The van der Waals surface area contributed by atoms with E-state index in [1.165, 1.54) is 26.0 Å². The zero-order chi connectivity index (χ0) is 106. The number of nitrogens with one attached hydrogen (secondary N) is 4. The summed E-state index contributed by atoms with van der Waals surface area (Å²) in [6.07, 6.45) is -4.58. The van der Waals surface area contributed by atoms with Crippen LogP contribution in [0.4, 0.5) is 26.7 Å². The molecule has 4 aromatic heterocycles. The van der Waals surface area contributed by atoms with Crippen LogP contribution in [0.15, 0.2) is 143 Å². The van der Waals surface area contributed by atoms with Gasteiger partial charge in [0, 0.05) is 118 Å². The quantitative estimate of drug-likeness (QED) is 0.00362. The van der Waals surface area contributed by atoms with Crippen LogP contribution >= 0.6 is 47.9 Å². The number of benzene rings is 6. The monoisotopic (exact) mass is 2080 g/mol.